The molecule has 0 radical (unpaired) electrons. The minimum absolute atomic E-state index is 0.0173. The van der Waals surface area contributed by atoms with Crippen LogP contribution in [0.3, 0.4) is 0 Å². The van der Waals surface area contributed by atoms with Crippen molar-refractivity contribution >= 4 is 39.9 Å². The van der Waals surface area contributed by atoms with Crippen molar-refractivity contribution in [3.05, 3.63) is 41.4 Å². The summed E-state index contributed by atoms with van der Waals surface area (Å²) in [6, 6.07) is 7.82. The van der Waals surface area contributed by atoms with Crippen molar-refractivity contribution in [3.8, 4) is 0 Å². The lowest BCUT2D eigenvalue weighted by Crippen LogP contribution is -2.43. The summed E-state index contributed by atoms with van der Waals surface area (Å²) >= 11 is 1.32. The largest absolute Gasteiger partial charge is 0.352 e. The lowest BCUT2D eigenvalue weighted by molar-refractivity contribution is -0.125. The Hall–Kier alpha value is -2.74. The van der Waals surface area contributed by atoms with Gasteiger partial charge in [-0.1, -0.05) is 31.9 Å². The average Bonchev–Trinajstić information content (AvgIpc) is 3.45. The molecule has 7 nitrogen and oxygen atoms in total. The Morgan fingerprint density at radius 2 is 1.83 bits per heavy atom. The molecule has 3 amide bonds. The summed E-state index contributed by atoms with van der Waals surface area (Å²) in [7, 11) is 0. The van der Waals surface area contributed by atoms with Crippen molar-refractivity contribution in [1.29, 1.82) is 0 Å². The van der Waals surface area contributed by atoms with Gasteiger partial charge in [-0.25, -0.2) is 4.98 Å². The summed E-state index contributed by atoms with van der Waals surface area (Å²) in [6.07, 6.45) is 6.78. The van der Waals surface area contributed by atoms with Gasteiger partial charge >= 0.3 is 0 Å². The van der Waals surface area contributed by atoms with Crippen LogP contribution >= 0.6 is 11.3 Å². The normalized spacial score (nSPS) is 13.8. The fraction of sp³-hybridized carbons (Fsp3) is 0.455. The van der Waals surface area contributed by atoms with Crippen LogP contribution in [0.15, 0.2) is 35.8 Å². The second-order valence-corrected chi connectivity index (χ2v) is 8.33. The van der Waals surface area contributed by atoms with Crippen LogP contribution in [0.1, 0.15) is 51.0 Å². The third-order valence-electron chi connectivity index (χ3n) is 5.22. The highest BCUT2D eigenvalue weighted by atomic mass is 32.1. The van der Waals surface area contributed by atoms with Gasteiger partial charge in [0, 0.05) is 36.1 Å². The van der Waals surface area contributed by atoms with Crippen LogP contribution in [0.2, 0.25) is 0 Å². The smallest absolute Gasteiger partial charge is 0.240 e. The van der Waals surface area contributed by atoms with Crippen molar-refractivity contribution < 1.29 is 14.4 Å². The number of aryl methyl sites for hydroxylation is 1. The maximum absolute atomic E-state index is 12.9. The fourth-order valence-corrected chi connectivity index (χ4v) is 4.09. The van der Waals surface area contributed by atoms with Gasteiger partial charge in [0.05, 0.1) is 0 Å². The Labute approximate surface area is 180 Å². The Kier molecular flexibility index (Phi) is 7.96. The van der Waals surface area contributed by atoms with Gasteiger partial charge in [0.15, 0.2) is 5.13 Å². The Morgan fingerprint density at radius 1 is 1.10 bits per heavy atom. The molecule has 1 aromatic heterocycles. The lowest BCUT2D eigenvalue weighted by atomic mass is 10.1. The number of nitrogens with one attached hydrogen (secondary N) is 2. The highest BCUT2D eigenvalue weighted by Gasteiger charge is 2.23. The van der Waals surface area contributed by atoms with Crippen LogP contribution in [0, 0.1) is 0 Å². The summed E-state index contributed by atoms with van der Waals surface area (Å²) in [5.74, 6) is -0.688. The second kappa shape index (κ2) is 10.9. The zero-order valence-electron chi connectivity index (χ0n) is 17.2. The summed E-state index contributed by atoms with van der Waals surface area (Å²) in [5, 5.41) is 7.99. The Morgan fingerprint density at radius 3 is 2.47 bits per heavy atom. The molecule has 0 atom stereocenters. The fourth-order valence-electron chi connectivity index (χ4n) is 3.54. The molecule has 0 unspecified atom stereocenters. The number of rotatable bonds is 9. The summed E-state index contributed by atoms with van der Waals surface area (Å²) in [5.41, 5.74) is 1.82. The molecule has 1 aromatic carbocycles. The molecule has 160 valence electrons. The van der Waals surface area contributed by atoms with Gasteiger partial charge in [0.2, 0.25) is 17.7 Å². The number of carbonyl (C=O) groups is 3. The lowest BCUT2D eigenvalue weighted by Gasteiger charge is -2.24. The third-order valence-corrected chi connectivity index (χ3v) is 5.91. The molecular weight excluding hydrogens is 400 g/mol. The Bertz CT molecular complexity index is 846. The van der Waals surface area contributed by atoms with E-state index in [0.717, 1.165) is 37.7 Å². The zero-order valence-corrected chi connectivity index (χ0v) is 18.0. The molecular formula is C22H28N4O3S. The molecule has 0 bridgehead atoms. The number of carbonyl (C=O) groups excluding carboxylic acids is 3. The van der Waals surface area contributed by atoms with E-state index in [-0.39, 0.29) is 43.1 Å². The highest BCUT2D eigenvalue weighted by Crippen LogP contribution is 2.20. The number of anilines is 2. The zero-order chi connectivity index (χ0) is 21.3. The van der Waals surface area contributed by atoms with Crippen molar-refractivity contribution in [2.75, 3.05) is 16.8 Å². The maximum Gasteiger partial charge on any atom is 0.240 e. The number of amides is 3. The van der Waals surface area contributed by atoms with E-state index in [0.29, 0.717) is 10.8 Å². The first-order valence-corrected chi connectivity index (χ1v) is 11.3. The van der Waals surface area contributed by atoms with Gasteiger partial charge < -0.3 is 15.5 Å². The molecule has 1 heterocycles. The minimum atomic E-state index is -0.269. The van der Waals surface area contributed by atoms with E-state index in [1.807, 2.05) is 24.3 Å². The van der Waals surface area contributed by atoms with Crippen LogP contribution < -0.4 is 15.5 Å². The molecule has 2 N–H and O–H groups in total. The predicted molar refractivity (Wildman–Crippen MR) is 119 cm³/mol. The van der Waals surface area contributed by atoms with Crippen LogP contribution in [0.4, 0.5) is 10.8 Å². The highest BCUT2D eigenvalue weighted by molar-refractivity contribution is 7.13. The van der Waals surface area contributed by atoms with Crippen molar-refractivity contribution in [1.82, 2.24) is 10.3 Å². The molecule has 1 saturated carbocycles. The van der Waals surface area contributed by atoms with E-state index in [1.165, 1.54) is 16.2 Å². The van der Waals surface area contributed by atoms with Crippen LogP contribution in [-0.4, -0.2) is 35.3 Å². The molecule has 1 aliphatic rings. The number of hydrogen-bond donors (Lipinski definition) is 2. The maximum atomic E-state index is 12.9. The van der Waals surface area contributed by atoms with Crippen LogP contribution in [0.25, 0.3) is 0 Å². The molecule has 8 heteroatoms. The van der Waals surface area contributed by atoms with E-state index in [1.54, 1.807) is 11.6 Å². The van der Waals surface area contributed by atoms with E-state index in [2.05, 4.69) is 22.5 Å². The monoisotopic (exact) mass is 428 g/mol. The SMILES string of the molecule is CCc1ccc(N(CC(=O)NC2CCCC2)C(=O)CCC(=O)Nc2nccs2)cc1. The van der Waals surface area contributed by atoms with Gasteiger partial charge in [0.1, 0.15) is 6.54 Å². The van der Waals surface area contributed by atoms with Crippen LogP contribution in [0.5, 0.6) is 0 Å². The van der Waals surface area contributed by atoms with Crippen LogP contribution in [-0.2, 0) is 20.8 Å². The van der Waals surface area contributed by atoms with Gasteiger partial charge in [0.25, 0.3) is 0 Å². The number of aromatic nitrogens is 1. The minimum Gasteiger partial charge on any atom is -0.352 e. The van der Waals surface area contributed by atoms with Gasteiger partial charge in [-0.05, 0) is 37.0 Å². The summed E-state index contributed by atoms with van der Waals surface area (Å²) in [4.78, 5) is 43.1. The second-order valence-electron chi connectivity index (χ2n) is 7.43. The molecule has 30 heavy (non-hydrogen) atoms. The molecule has 1 fully saturated rings. The van der Waals surface area contributed by atoms with Gasteiger partial charge in [-0.15, -0.1) is 11.3 Å². The quantitative estimate of drug-likeness (QED) is 0.639. The standard InChI is InChI=1S/C22H28N4O3S/c1-2-16-7-9-18(10-8-16)26(15-20(28)24-17-5-3-4-6-17)21(29)12-11-19(27)25-22-23-13-14-30-22/h7-10,13-14,17H,2-6,11-12,15H2,1H3,(H,24,28)(H,23,25,27). The van der Waals surface area contributed by atoms with Gasteiger partial charge in [-0.2, -0.15) is 0 Å². The van der Waals surface area contributed by atoms with E-state index in [4.69, 9.17) is 0 Å². The summed E-state index contributed by atoms with van der Waals surface area (Å²) in [6.45, 7) is 2.02. The molecule has 0 aliphatic heterocycles. The number of thiazole rings is 1. The predicted octanol–water partition coefficient (Wildman–Crippen LogP) is 3.52. The number of hydrogen-bond acceptors (Lipinski definition) is 5. The Balaban J connectivity index is 1.63. The molecule has 0 saturated heterocycles. The number of nitrogens with zero attached hydrogens (tertiary/aromatic N) is 2. The molecule has 3 rings (SSSR count). The van der Waals surface area contributed by atoms with Crippen molar-refractivity contribution in [2.45, 2.75) is 57.9 Å². The van der Waals surface area contributed by atoms with E-state index < -0.39 is 0 Å². The molecule has 1 aliphatic carbocycles. The van der Waals surface area contributed by atoms with E-state index in [9.17, 15) is 14.4 Å². The topological polar surface area (TPSA) is 91.4 Å². The average molecular weight is 429 g/mol. The molecule has 2 aromatic rings. The van der Waals surface area contributed by atoms with E-state index >= 15 is 0 Å². The first-order valence-electron chi connectivity index (χ1n) is 10.4. The third kappa shape index (κ3) is 6.38. The van der Waals surface area contributed by atoms with Crippen molar-refractivity contribution in [2.24, 2.45) is 0 Å². The molecule has 0 spiro atoms. The first-order chi connectivity index (χ1) is 14.5. The summed E-state index contributed by atoms with van der Waals surface area (Å²) < 4.78 is 0. The van der Waals surface area contributed by atoms with Crippen molar-refractivity contribution in [3.63, 3.8) is 0 Å². The van der Waals surface area contributed by atoms with Gasteiger partial charge in [-0.3, -0.25) is 14.4 Å². The first kappa shape index (κ1) is 22.0. The number of benzene rings is 1.